The molecule has 0 saturated carbocycles. The first-order chi connectivity index (χ1) is 9.92. The molecule has 1 amide bonds. The van der Waals surface area contributed by atoms with Crippen LogP contribution in [0.3, 0.4) is 0 Å². The topological polar surface area (TPSA) is 93.1 Å². The van der Waals surface area contributed by atoms with Crippen LogP contribution in [0.1, 0.15) is 17.3 Å². The second-order valence-corrected chi connectivity index (χ2v) is 6.15. The maximum absolute atomic E-state index is 12.1. The van der Waals surface area contributed by atoms with E-state index in [1.807, 2.05) is 0 Å². The highest BCUT2D eigenvalue weighted by molar-refractivity contribution is 7.89. The smallest absolute Gasteiger partial charge is 0.255 e. The average molecular weight is 308 g/mol. The zero-order valence-electron chi connectivity index (χ0n) is 11.7. The molecule has 112 valence electrons. The minimum absolute atomic E-state index is 0.0585. The summed E-state index contributed by atoms with van der Waals surface area (Å²) in [7, 11) is -1.85. The highest BCUT2D eigenvalue weighted by atomic mass is 32.2. The van der Waals surface area contributed by atoms with Crippen molar-refractivity contribution < 1.29 is 13.2 Å². The number of carbonyl (C=O) groups is 1. The number of sulfonamides is 1. The number of benzene rings is 1. The Morgan fingerprint density at radius 2 is 2.14 bits per heavy atom. The fourth-order valence-electron chi connectivity index (χ4n) is 1.77. The fraction of sp³-hybridized carbons (Fsp3) is 0.231. The van der Waals surface area contributed by atoms with Gasteiger partial charge in [0.2, 0.25) is 10.0 Å². The van der Waals surface area contributed by atoms with Gasteiger partial charge in [0.05, 0.1) is 16.8 Å². The summed E-state index contributed by atoms with van der Waals surface area (Å²) < 4.78 is 27.8. The van der Waals surface area contributed by atoms with E-state index in [0.29, 0.717) is 5.69 Å². The predicted octanol–water partition coefficient (Wildman–Crippen LogP) is 0.971. The summed E-state index contributed by atoms with van der Waals surface area (Å²) >= 11 is 0. The summed E-state index contributed by atoms with van der Waals surface area (Å²) in [6.07, 6.45) is 3.16. The standard InChI is InChI=1S/C13H16N4O3S/c1-3-15-21(19,20)12-6-4-5-10(7-12)13(18)16-11-8-14-17(2)9-11/h4-9,15H,3H2,1-2H3,(H,16,18). The molecule has 2 rings (SSSR count). The molecule has 1 heterocycles. The van der Waals surface area contributed by atoms with Crippen LogP contribution >= 0.6 is 0 Å². The lowest BCUT2D eigenvalue weighted by Crippen LogP contribution is -2.23. The number of anilines is 1. The van der Waals surface area contributed by atoms with E-state index in [1.54, 1.807) is 30.9 Å². The molecular weight excluding hydrogens is 292 g/mol. The molecule has 0 aliphatic carbocycles. The summed E-state index contributed by atoms with van der Waals surface area (Å²) in [4.78, 5) is 12.2. The molecular formula is C13H16N4O3S. The number of aromatic nitrogens is 2. The van der Waals surface area contributed by atoms with Gasteiger partial charge in [-0.3, -0.25) is 9.48 Å². The summed E-state index contributed by atoms with van der Waals surface area (Å²) in [5.41, 5.74) is 0.806. The van der Waals surface area contributed by atoms with Gasteiger partial charge in [-0.2, -0.15) is 5.10 Å². The SMILES string of the molecule is CCNS(=O)(=O)c1cccc(C(=O)Nc2cnn(C)c2)c1. The fourth-order valence-corrected chi connectivity index (χ4v) is 2.85. The molecule has 8 heteroatoms. The van der Waals surface area contributed by atoms with Gasteiger partial charge in [-0.1, -0.05) is 13.0 Å². The van der Waals surface area contributed by atoms with Crippen LogP contribution in [0.15, 0.2) is 41.6 Å². The normalized spacial score (nSPS) is 11.3. The zero-order valence-corrected chi connectivity index (χ0v) is 12.5. The minimum atomic E-state index is -3.58. The third-order valence-electron chi connectivity index (χ3n) is 2.70. The molecule has 7 nitrogen and oxygen atoms in total. The van der Waals surface area contributed by atoms with Crippen LogP contribution in [-0.2, 0) is 17.1 Å². The van der Waals surface area contributed by atoms with Crippen LogP contribution in [0.4, 0.5) is 5.69 Å². The maximum atomic E-state index is 12.1. The van der Waals surface area contributed by atoms with Crippen LogP contribution < -0.4 is 10.0 Å². The molecule has 0 radical (unpaired) electrons. The molecule has 0 bridgehead atoms. The third-order valence-corrected chi connectivity index (χ3v) is 4.25. The Morgan fingerprint density at radius 3 is 2.76 bits per heavy atom. The Bertz CT molecular complexity index is 752. The van der Waals surface area contributed by atoms with E-state index in [1.165, 1.54) is 24.4 Å². The molecule has 0 saturated heterocycles. The van der Waals surface area contributed by atoms with Crippen molar-refractivity contribution in [2.45, 2.75) is 11.8 Å². The molecule has 2 N–H and O–H groups in total. The number of hydrogen-bond donors (Lipinski definition) is 2. The van der Waals surface area contributed by atoms with Gasteiger partial charge in [-0.15, -0.1) is 0 Å². The van der Waals surface area contributed by atoms with E-state index in [0.717, 1.165) is 0 Å². The number of nitrogens with zero attached hydrogens (tertiary/aromatic N) is 2. The van der Waals surface area contributed by atoms with Gasteiger partial charge in [-0.25, -0.2) is 13.1 Å². The number of amides is 1. The van der Waals surface area contributed by atoms with E-state index in [4.69, 9.17) is 0 Å². The van der Waals surface area contributed by atoms with Crippen molar-refractivity contribution in [3.05, 3.63) is 42.2 Å². The summed E-state index contributed by atoms with van der Waals surface area (Å²) in [5, 5.41) is 6.59. The average Bonchev–Trinajstić information content (AvgIpc) is 2.84. The van der Waals surface area contributed by atoms with Crippen molar-refractivity contribution in [3.8, 4) is 0 Å². The summed E-state index contributed by atoms with van der Waals surface area (Å²) in [6, 6.07) is 5.86. The van der Waals surface area contributed by atoms with Crippen molar-refractivity contribution in [2.75, 3.05) is 11.9 Å². The van der Waals surface area contributed by atoms with Crippen LogP contribution in [0.25, 0.3) is 0 Å². The van der Waals surface area contributed by atoms with Crippen molar-refractivity contribution >= 4 is 21.6 Å². The predicted molar refractivity (Wildman–Crippen MR) is 78.5 cm³/mol. The molecule has 0 fully saturated rings. The Morgan fingerprint density at radius 1 is 1.38 bits per heavy atom. The quantitative estimate of drug-likeness (QED) is 0.860. The van der Waals surface area contributed by atoms with E-state index in [9.17, 15) is 13.2 Å². The number of aryl methyl sites for hydroxylation is 1. The highest BCUT2D eigenvalue weighted by Gasteiger charge is 2.15. The van der Waals surface area contributed by atoms with E-state index >= 15 is 0 Å². The van der Waals surface area contributed by atoms with Crippen molar-refractivity contribution in [1.82, 2.24) is 14.5 Å². The van der Waals surface area contributed by atoms with Gasteiger partial charge in [0, 0.05) is 25.4 Å². The Hall–Kier alpha value is -2.19. The number of nitrogens with one attached hydrogen (secondary N) is 2. The first-order valence-electron chi connectivity index (χ1n) is 6.32. The monoisotopic (exact) mass is 308 g/mol. The molecule has 0 aliphatic rings. The van der Waals surface area contributed by atoms with E-state index in [-0.39, 0.29) is 17.0 Å². The van der Waals surface area contributed by atoms with Crippen LogP contribution in [0.2, 0.25) is 0 Å². The van der Waals surface area contributed by atoms with Crippen molar-refractivity contribution in [1.29, 1.82) is 0 Å². The molecule has 1 aromatic carbocycles. The third kappa shape index (κ3) is 3.67. The molecule has 0 spiro atoms. The lowest BCUT2D eigenvalue weighted by atomic mass is 10.2. The molecule has 2 aromatic rings. The first kappa shape index (κ1) is 15.2. The molecule has 0 unspecified atom stereocenters. The lowest BCUT2D eigenvalue weighted by molar-refractivity contribution is 0.102. The number of hydrogen-bond acceptors (Lipinski definition) is 4. The van der Waals surface area contributed by atoms with Gasteiger partial charge in [0.25, 0.3) is 5.91 Å². The highest BCUT2D eigenvalue weighted by Crippen LogP contribution is 2.13. The molecule has 0 aliphatic heterocycles. The van der Waals surface area contributed by atoms with Crippen molar-refractivity contribution in [3.63, 3.8) is 0 Å². The molecule has 1 aromatic heterocycles. The van der Waals surface area contributed by atoms with Crippen LogP contribution in [-0.4, -0.2) is 30.7 Å². The lowest BCUT2D eigenvalue weighted by Gasteiger charge is -2.07. The zero-order chi connectivity index (χ0) is 15.5. The Kier molecular flexibility index (Phi) is 4.39. The minimum Gasteiger partial charge on any atom is -0.319 e. The van der Waals surface area contributed by atoms with E-state index in [2.05, 4.69) is 15.1 Å². The summed E-state index contributed by atoms with van der Waals surface area (Å²) in [5.74, 6) is -0.392. The van der Waals surface area contributed by atoms with Gasteiger partial charge in [0.15, 0.2) is 0 Å². The molecule has 21 heavy (non-hydrogen) atoms. The number of rotatable bonds is 5. The second kappa shape index (κ2) is 6.06. The maximum Gasteiger partial charge on any atom is 0.255 e. The first-order valence-corrected chi connectivity index (χ1v) is 7.80. The van der Waals surface area contributed by atoms with Crippen LogP contribution in [0, 0.1) is 0 Å². The largest absolute Gasteiger partial charge is 0.319 e. The van der Waals surface area contributed by atoms with E-state index < -0.39 is 15.9 Å². The van der Waals surface area contributed by atoms with Gasteiger partial charge >= 0.3 is 0 Å². The van der Waals surface area contributed by atoms with Gasteiger partial charge in [0.1, 0.15) is 0 Å². The van der Waals surface area contributed by atoms with Crippen LogP contribution in [0.5, 0.6) is 0 Å². The summed E-state index contributed by atoms with van der Waals surface area (Å²) in [6.45, 7) is 1.98. The Balaban J connectivity index is 2.23. The molecule has 0 atom stereocenters. The Labute approximate surface area is 123 Å². The van der Waals surface area contributed by atoms with Gasteiger partial charge in [-0.05, 0) is 18.2 Å². The van der Waals surface area contributed by atoms with Crippen molar-refractivity contribution in [2.24, 2.45) is 7.05 Å². The number of carbonyl (C=O) groups excluding carboxylic acids is 1. The van der Waals surface area contributed by atoms with Gasteiger partial charge < -0.3 is 5.32 Å². The second-order valence-electron chi connectivity index (χ2n) is 4.39.